The zero-order valence-corrected chi connectivity index (χ0v) is 17.9. The van der Waals surface area contributed by atoms with Gasteiger partial charge in [0.1, 0.15) is 5.82 Å². The summed E-state index contributed by atoms with van der Waals surface area (Å²) in [6.45, 7) is 0. The molecule has 0 saturated carbocycles. The zero-order valence-electron chi connectivity index (χ0n) is 16.3. The first kappa shape index (κ1) is 23.4. The Balaban J connectivity index is 0.000000396. The first-order valence-corrected chi connectivity index (χ1v) is 9.34. The summed E-state index contributed by atoms with van der Waals surface area (Å²) in [4.78, 5) is 19.7. The summed E-state index contributed by atoms with van der Waals surface area (Å²) in [5.41, 5.74) is 2.03. The zero-order chi connectivity index (χ0) is 22.5. The van der Waals surface area contributed by atoms with Crippen molar-refractivity contribution in [1.82, 2.24) is 19.7 Å². The number of hydrogen-bond donors (Lipinski definition) is 1. The molecule has 3 rings (SSSR count). The van der Waals surface area contributed by atoms with E-state index < -0.39 is 12.1 Å². The molecule has 1 aromatic carbocycles. The molecular formula is C18H19BrF3N5O3. The Morgan fingerprint density at radius 1 is 1.30 bits per heavy atom. The number of alkyl halides is 3. The molecule has 0 fully saturated rings. The fourth-order valence-corrected chi connectivity index (χ4v) is 3.07. The van der Waals surface area contributed by atoms with Crippen LogP contribution in [-0.2, 0) is 24.7 Å². The molecule has 0 amide bonds. The summed E-state index contributed by atoms with van der Waals surface area (Å²) in [6.07, 6.45) is 0.0833. The van der Waals surface area contributed by atoms with Crippen LogP contribution in [0.5, 0.6) is 0 Å². The number of aliphatic carboxylic acids is 1. The molecule has 3 aromatic rings. The van der Waals surface area contributed by atoms with Crippen molar-refractivity contribution < 1.29 is 27.6 Å². The minimum absolute atomic E-state index is 0.603. The highest BCUT2D eigenvalue weighted by Gasteiger charge is 2.38. The summed E-state index contributed by atoms with van der Waals surface area (Å²) >= 11 is 3.58. The summed E-state index contributed by atoms with van der Waals surface area (Å²) in [5.74, 6) is -0.531. The summed E-state index contributed by atoms with van der Waals surface area (Å²) < 4.78 is 40.1. The fourth-order valence-electron chi connectivity index (χ4n) is 2.34. The lowest BCUT2D eigenvalue weighted by atomic mass is 10.2. The molecule has 0 spiro atoms. The van der Waals surface area contributed by atoms with Gasteiger partial charge in [0.2, 0.25) is 11.7 Å². The van der Waals surface area contributed by atoms with Gasteiger partial charge in [-0.2, -0.15) is 18.2 Å². The van der Waals surface area contributed by atoms with E-state index in [2.05, 4.69) is 31.1 Å². The number of carboxylic acid groups (broad SMARTS) is 1. The normalized spacial score (nSPS) is 11.0. The van der Waals surface area contributed by atoms with E-state index in [0.717, 1.165) is 28.0 Å². The van der Waals surface area contributed by atoms with Gasteiger partial charge in [-0.15, -0.1) is 0 Å². The Morgan fingerprint density at radius 2 is 1.97 bits per heavy atom. The van der Waals surface area contributed by atoms with E-state index in [4.69, 9.17) is 14.4 Å². The van der Waals surface area contributed by atoms with Crippen molar-refractivity contribution >= 4 is 27.6 Å². The molecule has 0 bridgehead atoms. The van der Waals surface area contributed by atoms with Gasteiger partial charge in [-0.05, 0) is 34.1 Å². The molecule has 8 nitrogen and oxygen atoms in total. The lowest BCUT2D eigenvalue weighted by Crippen LogP contribution is -2.21. The van der Waals surface area contributed by atoms with Gasteiger partial charge in [0, 0.05) is 56.4 Å². The summed E-state index contributed by atoms with van der Waals surface area (Å²) in [6, 6.07) is 6.03. The number of aromatic nitrogens is 4. The third kappa shape index (κ3) is 6.31. The van der Waals surface area contributed by atoms with Crippen LogP contribution in [0.1, 0.15) is 11.7 Å². The Labute approximate surface area is 178 Å². The van der Waals surface area contributed by atoms with Crippen LogP contribution in [0, 0.1) is 0 Å². The molecule has 162 valence electrons. The van der Waals surface area contributed by atoms with Crippen molar-refractivity contribution in [2.24, 2.45) is 7.05 Å². The van der Waals surface area contributed by atoms with Crippen LogP contribution in [-0.4, -0.2) is 51.0 Å². The van der Waals surface area contributed by atoms with E-state index in [1.54, 1.807) is 6.20 Å². The average molecular weight is 490 g/mol. The van der Waals surface area contributed by atoms with Crippen molar-refractivity contribution in [2.45, 2.75) is 19.0 Å². The predicted octanol–water partition coefficient (Wildman–Crippen LogP) is 3.72. The van der Waals surface area contributed by atoms with Crippen LogP contribution in [0.25, 0.3) is 11.4 Å². The number of carbonyl (C=O) groups is 1. The molecule has 0 unspecified atom stereocenters. The number of carboxylic acids is 1. The Kier molecular flexibility index (Phi) is 7.59. The molecule has 0 atom stereocenters. The van der Waals surface area contributed by atoms with Gasteiger partial charge < -0.3 is 19.1 Å². The topological polar surface area (TPSA) is 97.3 Å². The molecule has 12 heteroatoms. The smallest absolute Gasteiger partial charge is 0.475 e. The molecule has 2 aromatic heterocycles. The van der Waals surface area contributed by atoms with Crippen molar-refractivity contribution in [3.63, 3.8) is 0 Å². The third-order valence-electron chi connectivity index (χ3n) is 3.88. The van der Waals surface area contributed by atoms with E-state index in [1.165, 1.54) is 0 Å². The van der Waals surface area contributed by atoms with Gasteiger partial charge >= 0.3 is 12.1 Å². The molecule has 30 heavy (non-hydrogen) atoms. The van der Waals surface area contributed by atoms with Crippen molar-refractivity contribution in [2.75, 3.05) is 19.0 Å². The molecular weight excluding hydrogens is 471 g/mol. The van der Waals surface area contributed by atoms with Crippen LogP contribution in [0.3, 0.4) is 0 Å². The maximum Gasteiger partial charge on any atom is 0.490 e. The second-order valence-electron chi connectivity index (χ2n) is 6.33. The van der Waals surface area contributed by atoms with Crippen LogP contribution in [0.4, 0.5) is 18.9 Å². The first-order valence-electron chi connectivity index (χ1n) is 8.55. The highest BCUT2D eigenvalue weighted by atomic mass is 79.9. The van der Waals surface area contributed by atoms with E-state index in [-0.39, 0.29) is 0 Å². The summed E-state index contributed by atoms with van der Waals surface area (Å²) in [5, 5.41) is 11.2. The number of nitrogens with zero attached hydrogens (tertiary/aromatic N) is 5. The van der Waals surface area contributed by atoms with Gasteiger partial charge in [0.05, 0.1) is 5.69 Å². The number of halogens is 4. The van der Waals surface area contributed by atoms with E-state index >= 15 is 0 Å². The van der Waals surface area contributed by atoms with Gasteiger partial charge in [0.15, 0.2) is 0 Å². The van der Waals surface area contributed by atoms with E-state index in [0.29, 0.717) is 18.1 Å². The van der Waals surface area contributed by atoms with Crippen molar-refractivity contribution in [3.8, 4) is 11.4 Å². The maximum absolute atomic E-state index is 10.6. The lowest BCUT2D eigenvalue weighted by molar-refractivity contribution is -0.192. The quantitative estimate of drug-likeness (QED) is 0.583. The van der Waals surface area contributed by atoms with Gasteiger partial charge in [-0.25, -0.2) is 9.78 Å². The first-order chi connectivity index (χ1) is 14.0. The average Bonchev–Trinajstić information content (AvgIpc) is 3.28. The van der Waals surface area contributed by atoms with E-state index in [9.17, 15) is 13.2 Å². The summed E-state index contributed by atoms with van der Waals surface area (Å²) in [7, 11) is 5.99. The number of aryl methyl sites for hydroxylation is 3. The predicted molar refractivity (Wildman–Crippen MR) is 106 cm³/mol. The fraction of sp³-hybridized carbons (Fsp3) is 0.333. The minimum atomic E-state index is -5.08. The molecule has 0 saturated heterocycles. The van der Waals surface area contributed by atoms with Crippen LogP contribution >= 0.6 is 15.9 Å². The van der Waals surface area contributed by atoms with Gasteiger partial charge in [-0.1, -0.05) is 5.16 Å². The number of imidazole rings is 1. The lowest BCUT2D eigenvalue weighted by Gasteiger charge is -2.14. The highest BCUT2D eigenvalue weighted by Crippen LogP contribution is 2.29. The molecule has 0 radical (unpaired) electrons. The monoisotopic (exact) mass is 489 g/mol. The molecule has 0 aliphatic carbocycles. The van der Waals surface area contributed by atoms with Crippen molar-refractivity contribution in [1.29, 1.82) is 0 Å². The molecule has 0 aliphatic heterocycles. The Hall–Kier alpha value is -2.89. The number of rotatable bonds is 5. The SMILES string of the molecule is CN(C)c1ccc(-c2noc(CCc3nccn3C)n2)cc1Br.O=C(O)C(F)(F)F. The molecule has 0 aliphatic rings. The molecule has 2 heterocycles. The Bertz CT molecular complexity index is 1000. The van der Waals surface area contributed by atoms with Gasteiger partial charge in [0.25, 0.3) is 0 Å². The Morgan fingerprint density at radius 3 is 2.47 bits per heavy atom. The van der Waals surface area contributed by atoms with Crippen molar-refractivity contribution in [3.05, 3.63) is 46.8 Å². The molecule has 1 N–H and O–H groups in total. The van der Waals surface area contributed by atoms with Crippen LogP contribution in [0.15, 0.2) is 39.6 Å². The minimum Gasteiger partial charge on any atom is -0.475 e. The van der Waals surface area contributed by atoms with E-state index in [1.807, 2.05) is 55.0 Å². The number of benzene rings is 1. The second-order valence-corrected chi connectivity index (χ2v) is 7.18. The van der Waals surface area contributed by atoms with Crippen LogP contribution < -0.4 is 4.90 Å². The largest absolute Gasteiger partial charge is 0.490 e. The maximum atomic E-state index is 10.6. The number of anilines is 1. The van der Waals surface area contributed by atoms with Gasteiger partial charge in [-0.3, -0.25) is 0 Å². The third-order valence-corrected chi connectivity index (χ3v) is 4.52. The number of hydrogen-bond acceptors (Lipinski definition) is 6. The highest BCUT2D eigenvalue weighted by molar-refractivity contribution is 9.10. The standard InChI is InChI=1S/C16H18BrN5O.C2HF3O2/c1-21(2)13-5-4-11(10-12(13)17)16-19-15(23-20-16)7-6-14-18-8-9-22(14)3;3-2(4,5)1(6)7/h4-5,8-10H,6-7H2,1-3H3;(H,6,7). The second kappa shape index (κ2) is 9.74. The van der Waals surface area contributed by atoms with Crippen LogP contribution in [0.2, 0.25) is 0 Å².